The van der Waals surface area contributed by atoms with Crippen molar-refractivity contribution < 1.29 is 14.3 Å². The van der Waals surface area contributed by atoms with Crippen LogP contribution in [0.5, 0.6) is 0 Å². The van der Waals surface area contributed by atoms with Gasteiger partial charge in [-0.2, -0.15) is 0 Å². The molecule has 1 aromatic rings. The van der Waals surface area contributed by atoms with Crippen molar-refractivity contribution in [2.24, 2.45) is 0 Å². The number of carbonyl (C=O) groups excluding carboxylic acids is 2. The van der Waals surface area contributed by atoms with E-state index in [2.05, 4.69) is 5.32 Å². The molecule has 0 atom stereocenters. The second-order valence-electron chi connectivity index (χ2n) is 3.95. The van der Waals surface area contributed by atoms with Gasteiger partial charge in [-0.15, -0.1) is 0 Å². The van der Waals surface area contributed by atoms with Crippen LogP contribution in [-0.2, 0) is 14.3 Å². The van der Waals surface area contributed by atoms with Crippen LogP contribution in [-0.4, -0.2) is 18.5 Å². The van der Waals surface area contributed by atoms with E-state index in [4.69, 9.17) is 16.3 Å². The Morgan fingerprint density at radius 1 is 1.35 bits per heavy atom. The predicted molar refractivity (Wildman–Crippen MR) is 79.7 cm³/mol. The monoisotopic (exact) mass is 293 g/mol. The summed E-state index contributed by atoms with van der Waals surface area (Å²) < 4.78 is 4.79. The van der Waals surface area contributed by atoms with E-state index in [1.54, 1.807) is 43.4 Å². The SMILES string of the molecule is C/C=C/C=C/C(=O)OCC(=O)Nc1cccc(Cl)c1C. The molecule has 0 aliphatic heterocycles. The van der Waals surface area contributed by atoms with Gasteiger partial charge in [0.25, 0.3) is 5.91 Å². The first-order valence-electron chi connectivity index (χ1n) is 6.05. The highest BCUT2D eigenvalue weighted by molar-refractivity contribution is 6.31. The Labute approximate surface area is 123 Å². The van der Waals surface area contributed by atoms with Crippen molar-refractivity contribution in [2.45, 2.75) is 13.8 Å². The smallest absolute Gasteiger partial charge is 0.331 e. The molecule has 106 valence electrons. The molecule has 20 heavy (non-hydrogen) atoms. The van der Waals surface area contributed by atoms with Gasteiger partial charge in [0.2, 0.25) is 0 Å². The van der Waals surface area contributed by atoms with Gasteiger partial charge in [-0.05, 0) is 31.5 Å². The van der Waals surface area contributed by atoms with E-state index < -0.39 is 11.9 Å². The molecule has 0 aromatic heterocycles. The van der Waals surface area contributed by atoms with E-state index in [1.807, 2.05) is 6.92 Å². The summed E-state index contributed by atoms with van der Waals surface area (Å²) in [6, 6.07) is 5.20. The molecule has 1 aromatic carbocycles. The Morgan fingerprint density at radius 3 is 2.80 bits per heavy atom. The van der Waals surface area contributed by atoms with Gasteiger partial charge in [0.1, 0.15) is 0 Å². The van der Waals surface area contributed by atoms with Gasteiger partial charge in [0.05, 0.1) is 0 Å². The molecule has 4 nitrogen and oxygen atoms in total. The molecule has 0 aliphatic carbocycles. The number of allylic oxidation sites excluding steroid dienone is 3. The van der Waals surface area contributed by atoms with Crippen molar-refractivity contribution in [3.63, 3.8) is 0 Å². The molecule has 0 aliphatic rings. The summed E-state index contributed by atoms with van der Waals surface area (Å²) in [4.78, 5) is 22.9. The largest absolute Gasteiger partial charge is 0.452 e. The number of nitrogens with one attached hydrogen (secondary N) is 1. The van der Waals surface area contributed by atoms with Gasteiger partial charge in [-0.3, -0.25) is 4.79 Å². The summed E-state index contributed by atoms with van der Waals surface area (Å²) in [6.07, 6.45) is 6.26. The summed E-state index contributed by atoms with van der Waals surface area (Å²) in [5, 5.41) is 3.20. The minimum Gasteiger partial charge on any atom is -0.452 e. The fraction of sp³-hybridized carbons (Fsp3) is 0.200. The van der Waals surface area contributed by atoms with E-state index in [0.29, 0.717) is 10.7 Å². The average Bonchev–Trinajstić information content (AvgIpc) is 2.42. The van der Waals surface area contributed by atoms with Gasteiger partial charge in [-0.25, -0.2) is 4.79 Å². The van der Waals surface area contributed by atoms with E-state index in [-0.39, 0.29) is 6.61 Å². The van der Waals surface area contributed by atoms with Gasteiger partial charge in [0, 0.05) is 16.8 Å². The lowest BCUT2D eigenvalue weighted by Crippen LogP contribution is -2.20. The van der Waals surface area contributed by atoms with Crippen molar-refractivity contribution in [3.8, 4) is 0 Å². The van der Waals surface area contributed by atoms with Crippen LogP contribution < -0.4 is 5.32 Å². The maximum atomic E-state index is 11.6. The van der Waals surface area contributed by atoms with Crippen LogP contribution in [0.15, 0.2) is 42.5 Å². The van der Waals surface area contributed by atoms with E-state index >= 15 is 0 Å². The lowest BCUT2D eigenvalue weighted by molar-refractivity contribution is -0.142. The van der Waals surface area contributed by atoms with Crippen molar-refractivity contribution in [3.05, 3.63) is 53.1 Å². The lowest BCUT2D eigenvalue weighted by atomic mass is 10.2. The molecule has 0 saturated carbocycles. The van der Waals surface area contributed by atoms with Crippen molar-refractivity contribution in [1.82, 2.24) is 0 Å². The number of ether oxygens (including phenoxy) is 1. The molecular weight excluding hydrogens is 278 g/mol. The van der Waals surface area contributed by atoms with E-state index in [1.165, 1.54) is 6.08 Å². The fourth-order valence-electron chi connectivity index (χ4n) is 1.36. The molecule has 0 unspecified atom stereocenters. The van der Waals surface area contributed by atoms with Crippen molar-refractivity contribution in [1.29, 1.82) is 0 Å². The van der Waals surface area contributed by atoms with Crippen LogP contribution in [0.3, 0.4) is 0 Å². The lowest BCUT2D eigenvalue weighted by Gasteiger charge is -2.09. The normalized spacial score (nSPS) is 10.9. The first kappa shape index (κ1) is 16.0. The van der Waals surface area contributed by atoms with Crippen LogP contribution in [0.25, 0.3) is 0 Å². The minimum absolute atomic E-state index is 0.342. The van der Waals surface area contributed by atoms with Crippen LogP contribution in [0, 0.1) is 6.92 Å². The van der Waals surface area contributed by atoms with Gasteiger partial charge in [0.15, 0.2) is 6.61 Å². The molecule has 0 spiro atoms. The highest BCUT2D eigenvalue weighted by atomic mass is 35.5. The molecule has 0 bridgehead atoms. The number of hydrogen-bond acceptors (Lipinski definition) is 3. The van der Waals surface area contributed by atoms with Crippen molar-refractivity contribution >= 4 is 29.2 Å². The number of esters is 1. The molecule has 1 rings (SSSR count). The molecule has 0 radical (unpaired) electrons. The quantitative estimate of drug-likeness (QED) is 0.515. The van der Waals surface area contributed by atoms with E-state index in [0.717, 1.165) is 5.56 Å². The molecule has 0 saturated heterocycles. The number of rotatable bonds is 5. The molecule has 0 heterocycles. The third kappa shape index (κ3) is 5.28. The molecule has 1 N–H and O–H groups in total. The highest BCUT2D eigenvalue weighted by Crippen LogP contribution is 2.22. The number of benzene rings is 1. The predicted octanol–water partition coefficient (Wildman–Crippen LogP) is 3.26. The van der Waals surface area contributed by atoms with Crippen LogP contribution >= 0.6 is 11.6 Å². The Kier molecular flexibility index (Phi) is 6.53. The molecule has 0 fully saturated rings. The average molecular weight is 294 g/mol. The van der Waals surface area contributed by atoms with Crippen LogP contribution in [0.2, 0.25) is 5.02 Å². The van der Waals surface area contributed by atoms with E-state index in [9.17, 15) is 9.59 Å². The number of carbonyl (C=O) groups is 2. The zero-order valence-electron chi connectivity index (χ0n) is 11.4. The second-order valence-corrected chi connectivity index (χ2v) is 4.36. The standard InChI is InChI=1S/C15H16ClNO3/c1-3-4-5-9-15(19)20-10-14(18)17-13-8-6-7-12(16)11(13)2/h3-9H,10H2,1-2H3,(H,17,18)/b4-3+,9-5+. The first-order chi connectivity index (χ1) is 9.54. The zero-order valence-corrected chi connectivity index (χ0v) is 12.1. The summed E-state index contributed by atoms with van der Waals surface area (Å²) in [5.41, 5.74) is 1.37. The number of halogens is 1. The fourth-order valence-corrected chi connectivity index (χ4v) is 1.53. The van der Waals surface area contributed by atoms with Crippen LogP contribution in [0.1, 0.15) is 12.5 Å². The Bertz CT molecular complexity index is 550. The number of anilines is 1. The Hall–Kier alpha value is -2.07. The topological polar surface area (TPSA) is 55.4 Å². The number of amides is 1. The number of hydrogen-bond donors (Lipinski definition) is 1. The summed E-state index contributed by atoms with van der Waals surface area (Å²) in [6.45, 7) is 3.28. The summed E-state index contributed by atoms with van der Waals surface area (Å²) in [5.74, 6) is -0.982. The maximum Gasteiger partial charge on any atom is 0.331 e. The zero-order chi connectivity index (χ0) is 15.0. The molecule has 1 amide bonds. The van der Waals surface area contributed by atoms with Crippen molar-refractivity contribution in [2.75, 3.05) is 11.9 Å². The maximum absolute atomic E-state index is 11.6. The molecular formula is C15H16ClNO3. The molecule has 5 heteroatoms. The summed E-state index contributed by atoms with van der Waals surface area (Å²) in [7, 11) is 0. The second kappa shape index (κ2) is 8.17. The van der Waals surface area contributed by atoms with Gasteiger partial charge < -0.3 is 10.1 Å². The first-order valence-corrected chi connectivity index (χ1v) is 6.43. The van der Waals surface area contributed by atoms with Gasteiger partial charge in [-0.1, -0.05) is 35.9 Å². The van der Waals surface area contributed by atoms with Crippen LogP contribution in [0.4, 0.5) is 5.69 Å². The van der Waals surface area contributed by atoms with Gasteiger partial charge >= 0.3 is 5.97 Å². The highest BCUT2D eigenvalue weighted by Gasteiger charge is 2.08. The third-order valence-electron chi connectivity index (χ3n) is 2.42. The summed E-state index contributed by atoms with van der Waals surface area (Å²) >= 11 is 5.94. The Balaban J connectivity index is 2.48. The Morgan fingerprint density at radius 2 is 2.10 bits per heavy atom. The third-order valence-corrected chi connectivity index (χ3v) is 2.83. The minimum atomic E-state index is -0.568.